The van der Waals surface area contributed by atoms with E-state index in [9.17, 15) is 4.79 Å². The lowest BCUT2D eigenvalue weighted by Gasteiger charge is -2.26. The van der Waals surface area contributed by atoms with Gasteiger partial charge in [-0.05, 0) is 17.0 Å². The second kappa shape index (κ2) is 4.14. The molecule has 1 N–H and O–H groups in total. The van der Waals surface area contributed by atoms with E-state index in [0.717, 1.165) is 0 Å². The molecule has 82 valence electrons. The van der Waals surface area contributed by atoms with Gasteiger partial charge < -0.3 is 5.11 Å². The Labute approximate surface area is 93.3 Å². The highest BCUT2D eigenvalue weighted by Crippen LogP contribution is 2.34. The van der Waals surface area contributed by atoms with Gasteiger partial charge in [-0.3, -0.25) is 4.79 Å². The van der Waals surface area contributed by atoms with Crippen LogP contribution in [0.4, 0.5) is 0 Å². The number of carboxylic acid groups (broad SMARTS) is 1. The summed E-state index contributed by atoms with van der Waals surface area (Å²) in [6.45, 7) is 5.58. The molecule has 0 aromatic carbocycles. The molecule has 4 nitrogen and oxygen atoms in total. The van der Waals surface area contributed by atoms with Crippen LogP contribution in [0, 0.1) is 5.41 Å². The van der Waals surface area contributed by atoms with Crippen LogP contribution in [0.25, 0.3) is 0 Å². The summed E-state index contributed by atoms with van der Waals surface area (Å²) < 4.78 is 0. The summed E-state index contributed by atoms with van der Waals surface area (Å²) in [5.74, 6) is -1.51. The minimum atomic E-state index is -0.881. The quantitative estimate of drug-likeness (QED) is 0.790. The smallest absolute Gasteiger partial charge is 0.311 e. The van der Waals surface area contributed by atoms with E-state index in [1.807, 2.05) is 20.8 Å². The van der Waals surface area contributed by atoms with Crippen molar-refractivity contribution in [2.75, 3.05) is 0 Å². The van der Waals surface area contributed by atoms with Crippen LogP contribution in [0.2, 0.25) is 5.28 Å². The molecule has 0 amide bonds. The molecule has 1 unspecified atom stereocenters. The first-order valence-corrected chi connectivity index (χ1v) is 4.90. The van der Waals surface area contributed by atoms with Crippen molar-refractivity contribution in [1.82, 2.24) is 9.97 Å². The Bertz CT molecular complexity index is 357. The molecule has 0 fully saturated rings. The van der Waals surface area contributed by atoms with Gasteiger partial charge >= 0.3 is 5.97 Å². The second-order valence-electron chi connectivity index (χ2n) is 4.42. The molecule has 15 heavy (non-hydrogen) atoms. The SMILES string of the molecule is CC(C)(C)C(C(=O)O)c1cnc(Cl)nc1. The number of rotatable bonds is 2. The van der Waals surface area contributed by atoms with Crippen LogP contribution in [0.15, 0.2) is 12.4 Å². The zero-order chi connectivity index (χ0) is 11.6. The summed E-state index contributed by atoms with van der Waals surface area (Å²) in [6.07, 6.45) is 2.92. The number of aliphatic carboxylic acids is 1. The highest BCUT2D eigenvalue weighted by atomic mass is 35.5. The normalized spacial score (nSPS) is 13.6. The maximum atomic E-state index is 11.1. The lowest BCUT2D eigenvalue weighted by Crippen LogP contribution is -2.26. The van der Waals surface area contributed by atoms with E-state index in [4.69, 9.17) is 16.7 Å². The minimum absolute atomic E-state index is 0.122. The van der Waals surface area contributed by atoms with Gasteiger partial charge in [0.2, 0.25) is 5.28 Å². The molecule has 0 saturated heterocycles. The van der Waals surface area contributed by atoms with Crippen LogP contribution >= 0.6 is 11.6 Å². The molecule has 0 radical (unpaired) electrons. The van der Waals surface area contributed by atoms with Gasteiger partial charge in [-0.15, -0.1) is 0 Å². The molecular weight excluding hydrogens is 216 g/mol. The number of carboxylic acids is 1. The van der Waals surface area contributed by atoms with Crippen molar-refractivity contribution in [3.8, 4) is 0 Å². The van der Waals surface area contributed by atoms with E-state index in [2.05, 4.69) is 9.97 Å². The fourth-order valence-electron chi connectivity index (χ4n) is 1.48. The summed E-state index contributed by atoms with van der Waals surface area (Å²) >= 11 is 5.54. The fraction of sp³-hybridized carbons (Fsp3) is 0.500. The van der Waals surface area contributed by atoms with E-state index < -0.39 is 11.9 Å². The second-order valence-corrected chi connectivity index (χ2v) is 4.76. The molecule has 1 aromatic rings. The van der Waals surface area contributed by atoms with E-state index in [0.29, 0.717) is 5.56 Å². The highest BCUT2D eigenvalue weighted by molar-refractivity contribution is 6.28. The maximum absolute atomic E-state index is 11.1. The van der Waals surface area contributed by atoms with Crippen molar-refractivity contribution in [1.29, 1.82) is 0 Å². The summed E-state index contributed by atoms with van der Waals surface area (Å²) in [5.41, 5.74) is 0.183. The molecule has 0 aliphatic heterocycles. The first-order valence-electron chi connectivity index (χ1n) is 4.52. The Morgan fingerprint density at radius 1 is 1.40 bits per heavy atom. The number of nitrogens with zero attached hydrogens (tertiary/aromatic N) is 2. The van der Waals surface area contributed by atoms with Gasteiger partial charge in [0, 0.05) is 18.0 Å². The predicted octanol–water partition coefficient (Wildman–Crippen LogP) is 2.34. The van der Waals surface area contributed by atoms with Gasteiger partial charge in [-0.1, -0.05) is 20.8 Å². The van der Waals surface area contributed by atoms with E-state index in [-0.39, 0.29) is 10.7 Å². The Morgan fingerprint density at radius 3 is 2.20 bits per heavy atom. The van der Waals surface area contributed by atoms with Gasteiger partial charge in [0.15, 0.2) is 0 Å². The molecule has 1 rings (SSSR count). The van der Waals surface area contributed by atoms with Crippen LogP contribution in [0.5, 0.6) is 0 Å². The molecule has 1 aromatic heterocycles. The third kappa shape index (κ3) is 2.89. The number of hydrogen-bond donors (Lipinski definition) is 1. The van der Waals surface area contributed by atoms with E-state index in [1.165, 1.54) is 12.4 Å². The molecule has 1 heterocycles. The molecule has 0 aliphatic carbocycles. The van der Waals surface area contributed by atoms with Gasteiger partial charge in [0.25, 0.3) is 0 Å². The average molecular weight is 229 g/mol. The van der Waals surface area contributed by atoms with Gasteiger partial charge in [-0.25, -0.2) is 9.97 Å². The van der Waals surface area contributed by atoms with Gasteiger partial charge in [0.05, 0.1) is 5.92 Å². The Balaban J connectivity index is 3.11. The van der Waals surface area contributed by atoms with Gasteiger partial charge in [0.1, 0.15) is 0 Å². The standard InChI is InChI=1S/C10H13ClN2O2/c1-10(2,3)7(8(14)15)6-4-12-9(11)13-5-6/h4-5,7H,1-3H3,(H,14,15). The van der Waals surface area contributed by atoms with E-state index >= 15 is 0 Å². The topological polar surface area (TPSA) is 63.1 Å². The Hall–Kier alpha value is -1.16. The minimum Gasteiger partial charge on any atom is -0.481 e. The zero-order valence-corrected chi connectivity index (χ0v) is 9.62. The summed E-state index contributed by atoms with van der Waals surface area (Å²) in [6, 6.07) is 0. The van der Waals surface area contributed by atoms with Crippen LogP contribution in [-0.2, 0) is 4.79 Å². The third-order valence-electron chi connectivity index (χ3n) is 2.09. The molecule has 0 aliphatic rings. The molecule has 1 atom stereocenters. The Kier molecular flexibility index (Phi) is 3.29. The molecule has 5 heteroatoms. The average Bonchev–Trinajstić information content (AvgIpc) is 2.05. The monoisotopic (exact) mass is 228 g/mol. The van der Waals surface area contributed by atoms with Crippen LogP contribution in [0.1, 0.15) is 32.3 Å². The predicted molar refractivity (Wildman–Crippen MR) is 56.9 cm³/mol. The molecule has 0 bridgehead atoms. The number of halogens is 1. The Morgan fingerprint density at radius 2 is 1.87 bits per heavy atom. The van der Waals surface area contributed by atoms with Crippen molar-refractivity contribution in [2.45, 2.75) is 26.7 Å². The number of aromatic nitrogens is 2. The zero-order valence-electron chi connectivity index (χ0n) is 8.86. The van der Waals surface area contributed by atoms with Crippen molar-refractivity contribution < 1.29 is 9.90 Å². The van der Waals surface area contributed by atoms with Crippen molar-refractivity contribution in [3.05, 3.63) is 23.2 Å². The number of carbonyl (C=O) groups is 1. The fourth-order valence-corrected chi connectivity index (χ4v) is 1.58. The maximum Gasteiger partial charge on any atom is 0.311 e. The van der Waals surface area contributed by atoms with E-state index in [1.54, 1.807) is 0 Å². The van der Waals surface area contributed by atoms with Crippen molar-refractivity contribution >= 4 is 17.6 Å². The largest absolute Gasteiger partial charge is 0.481 e. The summed E-state index contributed by atoms with van der Waals surface area (Å²) in [5, 5.41) is 9.27. The highest BCUT2D eigenvalue weighted by Gasteiger charge is 2.33. The summed E-state index contributed by atoms with van der Waals surface area (Å²) in [4.78, 5) is 18.7. The van der Waals surface area contributed by atoms with Gasteiger partial charge in [-0.2, -0.15) is 0 Å². The lowest BCUT2D eigenvalue weighted by molar-refractivity contribution is -0.141. The van der Waals surface area contributed by atoms with Crippen LogP contribution < -0.4 is 0 Å². The first-order chi connectivity index (χ1) is 6.82. The third-order valence-corrected chi connectivity index (χ3v) is 2.28. The van der Waals surface area contributed by atoms with Crippen molar-refractivity contribution in [3.63, 3.8) is 0 Å². The lowest BCUT2D eigenvalue weighted by atomic mass is 9.77. The molecular formula is C10H13ClN2O2. The molecule has 0 saturated carbocycles. The molecule has 0 spiro atoms. The first kappa shape index (κ1) is 11.9. The number of hydrogen-bond acceptors (Lipinski definition) is 3. The summed E-state index contributed by atoms with van der Waals surface area (Å²) in [7, 11) is 0. The van der Waals surface area contributed by atoms with Crippen LogP contribution in [-0.4, -0.2) is 21.0 Å². The van der Waals surface area contributed by atoms with Crippen molar-refractivity contribution in [2.24, 2.45) is 5.41 Å². The van der Waals surface area contributed by atoms with Crippen LogP contribution in [0.3, 0.4) is 0 Å².